The van der Waals surface area contributed by atoms with E-state index >= 15 is 0 Å². The highest BCUT2D eigenvalue weighted by Crippen LogP contribution is 2.23. The van der Waals surface area contributed by atoms with E-state index in [1.54, 1.807) is 42.8 Å². The molecule has 0 saturated carbocycles. The van der Waals surface area contributed by atoms with Crippen LogP contribution in [0, 0.1) is 0 Å². The first-order chi connectivity index (χ1) is 14.5. The van der Waals surface area contributed by atoms with E-state index in [0.717, 1.165) is 15.9 Å². The van der Waals surface area contributed by atoms with Crippen molar-refractivity contribution in [3.63, 3.8) is 0 Å². The molecule has 0 fully saturated rings. The van der Waals surface area contributed by atoms with E-state index in [4.69, 9.17) is 9.47 Å². The molecule has 0 aliphatic carbocycles. The molecule has 1 N–H and O–H groups in total. The first-order valence-corrected chi connectivity index (χ1v) is 10.0. The SMILES string of the molecule is COCCCn1c(=O)c2ccccc2n(CC(=O)Nc2ccsc2C(=O)OC)c1=O. The monoisotopic (exact) mass is 431 g/mol. The van der Waals surface area contributed by atoms with Gasteiger partial charge in [-0.15, -0.1) is 11.3 Å². The molecule has 3 rings (SSSR count). The lowest BCUT2D eigenvalue weighted by atomic mass is 10.2. The van der Waals surface area contributed by atoms with Crippen molar-refractivity contribution in [1.82, 2.24) is 9.13 Å². The number of anilines is 1. The number of aromatic nitrogens is 2. The fourth-order valence-corrected chi connectivity index (χ4v) is 3.85. The summed E-state index contributed by atoms with van der Waals surface area (Å²) in [5, 5.41) is 4.63. The summed E-state index contributed by atoms with van der Waals surface area (Å²) >= 11 is 1.14. The predicted molar refractivity (Wildman–Crippen MR) is 113 cm³/mol. The number of hydrogen-bond donors (Lipinski definition) is 1. The third kappa shape index (κ3) is 4.34. The molecule has 2 aromatic heterocycles. The average molecular weight is 431 g/mol. The van der Waals surface area contributed by atoms with Crippen molar-refractivity contribution in [2.24, 2.45) is 0 Å². The van der Waals surface area contributed by atoms with E-state index < -0.39 is 23.1 Å². The summed E-state index contributed by atoms with van der Waals surface area (Å²) in [6.45, 7) is 0.253. The highest BCUT2D eigenvalue weighted by atomic mass is 32.1. The molecule has 0 bridgehead atoms. The summed E-state index contributed by atoms with van der Waals surface area (Å²) in [6, 6.07) is 8.22. The molecular weight excluding hydrogens is 410 g/mol. The molecule has 0 spiro atoms. The van der Waals surface area contributed by atoms with Gasteiger partial charge in [-0.05, 0) is 30.0 Å². The van der Waals surface area contributed by atoms with Crippen molar-refractivity contribution >= 4 is 39.8 Å². The largest absolute Gasteiger partial charge is 0.465 e. The highest BCUT2D eigenvalue weighted by Gasteiger charge is 2.18. The normalized spacial score (nSPS) is 10.9. The number of para-hydroxylation sites is 1. The summed E-state index contributed by atoms with van der Waals surface area (Å²) in [4.78, 5) is 50.5. The van der Waals surface area contributed by atoms with Gasteiger partial charge >= 0.3 is 11.7 Å². The number of methoxy groups -OCH3 is 2. The van der Waals surface area contributed by atoms with Crippen molar-refractivity contribution in [2.75, 3.05) is 26.1 Å². The summed E-state index contributed by atoms with van der Waals surface area (Å²) in [7, 11) is 2.80. The Morgan fingerprint density at radius 3 is 2.60 bits per heavy atom. The lowest BCUT2D eigenvalue weighted by Gasteiger charge is -2.14. The van der Waals surface area contributed by atoms with Crippen LogP contribution < -0.4 is 16.6 Å². The van der Waals surface area contributed by atoms with Crippen molar-refractivity contribution in [3.05, 3.63) is 61.4 Å². The van der Waals surface area contributed by atoms with Gasteiger partial charge in [0.15, 0.2) is 0 Å². The summed E-state index contributed by atoms with van der Waals surface area (Å²) in [5.41, 5.74) is -0.315. The van der Waals surface area contributed by atoms with Crippen LogP contribution in [0.15, 0.2) is 45.3 Å². The van der Waals surface area contributed by atoms with Gasteiger partial charge in [0.2, 0.25) is 5.91 Å². The summed E-state index contributed by atoms with van der Waals surface area (Å²) < 4.78 is 12.1. The van der Waals surface area contributed by atoms with Crippen molar-refractivity contribution < 1.29 is 19.1 Å². The maximum atomic E-state index is 13.0. The predicted octanol–water partition coefficient (Wildman–Crippen LogP) is 1.69. The maximum absolute atomic E-state index is 13.0. The number of esters is 1. The molecule has 0 aliphatic rings. The molecule has 10 heteroatoms. The number of ether oxygens (including phenoxy) is 2. The molecule has 0 unspecified atom stereocenters. The van der Waals surface area contributed by atoms with E-state index in [9.17, 15) is 19.2 Å². The van der Waals surface area contributed by atoms with Gasteiger partial charge in [-0.2, -0.15) is 0 Å². The van der Waals surface area contributed by atoms with Crippen LogP contribution in [-0.4, -0.2) is 41.8 Å². The Morgan fingerprint density at radius 1 is 1.10 bits per heavy atom. The number of benzene rings is 1. The minimum atomic E-state index is -0.580. The number of nitrogens with one attached hydrogen (secondary N) is 1. The molecule has 158 valence electrons. The average Bonchev–Trinajstić information content (AvgIpc) is 3.21. The Kier molecular flexibility index (Phi) is 6.80. The first kappa shape index (κ1) is 21.5. The van der Waals surface area contributed by atoms with Crippen LogP contribution in [-0.2, 0) is 27.4 Å². The zero-order valence-corrected chi connectivity index (χ0v) is 17.4. The Morgan fingerprint density at radius 2 is 1.87 bits per heavy atom. The number of thiophene rings is 1. The fourth-order valence-electron chi connectivity index (χ4n) is 3.08. The van der Waals surface area contributed by atoms with Gasteiger partial charge < -0.3 is 14.8 Å². The van der Waals surface area contributed by atoms with Crippen LogP contribution in [0.1, 0.15) is 16.1 Å². The lowest BCUT2D eigenvalue weighted by Crippen LogP contribution is -2.42. The number of hydrogen-bond acceptors (Lipinski definition) is 7. The molecule has 9 nitrogen and oxygen atoms in total. The van der Waals surface area contributed by atoms with E-state index in [1.807, 2.05) is 0 Å². The Hall–Kier alpha value is -3.24. The minimum absolute atomic E-state index is 0.176. The first-order valence-electron chi connectivity index (χ1n) is 9.15. The fraction of sp³-hybridized carbons (Fsp3) is 0.300. The van der Waals surface area contributed by atoms with E-state index in [2.05, 4.69) is 5.32 Å². The second kappa shape index (κ2) is 9.51. The Balaban J connectivity index is 1.96. The van der Waals surface area contributed by atoms with Crippen LogP contribution >= 0.6 is 11.3 Å². The van der Waals surface area contributed by atoms with Gasteiger partial charge in [0.1, 0.15) is 11.4 Å². The lowest BCUT2D eigenvalue weighted by molar-refractivity contribution is -0.116. The molecule has 3 aromatic rings. The maximum Gasteiger partial charge on any atom is 0.350 e. The zero-order chi connectivity index (χ0) is 21.7. The van der Waals surface area contributed by atoms with Gasteiger partial charge in [0.05, 0.1) is 23.7 Å². The van der Waals surface area contributed by atoms with Gasteiger partial charge in [-0.1, -0.05) is 12.1 Å². The smallest absolute Gasteiger partial charge is 0.350 e. The van der Waals surface area contributed by atoms with Gasteiger partial charge in [-0.3, -0.25) is 18.7 Å². The zero-order valence-electron chi connectivity index (χ0n) is 16.5. The molecule has 30 heavy (non-hydrogen) atoms. The van der Waals surface area contributed by atoms with E-state index in [1.165, 1.54) is 11.7 Å². The van der Waals surface area contributed by atoms with Crippen LogP contribution in [0.25, 0.3) is 10.9 Å². The number of nitrogens with zero attached hydrogens (tertiary/aromatic N) is 2. The Bertz CT molecular complexity index is 1190. The Labute approximate surface area is 175 Å². The van der Waals surface area contributed by atoms with Crippen LogP contribution in [0.5, 0.6) is 0 Å². The van der Waals surface area contributed by atoms with Gasteiger partial charge in [0, 0.05) is 20.3 Å². The minimum Gasteiger partial charge on any atom is -0.465 e. The third-order valence-electron chi connectivity index (χ3n) is 4.47. The second-order valence-electron chi connectivity index (χ2n) is 6.39. The molecule has 1 aromatic carbocycles. The topological polar surface area (TPSA) is 109 Å². The molecule has 0 aliphatic heterocycles. The molecule has 0 atom stereocenters. The summed E-state index contributed by atoms with van der Waals surface area (Å²) in [6.07, 6.45) is 0.480. The van der Waals surface area contributed by atoms with E-state index in [0.29, 0.717) is 29.6 Å². The number of rotatable bonds is 8. The number of carbonyl (C=O) groups excluding carboxylic acids is 2. The van der Waals surface area contributed by atoms with Gasteiger partial charge in [-0.25, -0.2) is 9.59 Å². The third-order valence-corrected chi connectivity index (χ3v) is 5.37. The molecule has 0 saturated heterocycles. The van der Waals surface area contributed by atoms with Crippen LogP contribution in [0.2, 0.25) is 0 Å². The van der Waals surface area contributed by atoms with Crippen LogP contribution in [0.3, 0.4) is 0 Å². The molecule has 0 radical (unpaired) electrons. The van der Waals surface area contributed by atoms with Gasteiger partial charge in [0.25, 0.3) is 5.56 Å². The van der Waals surface area contributed by atoms with E-state index in [-0.39, 0.29) is 18.0 Å². The van der Waals surface area contributed by atoms with Crippen LogP contribution in [0.4, 0.5) is 5.69 Å². The molecule has 1 amide bonds. The summed E-state index contributed by atoms with van der Waals surface area (Å²) in [5.74, 6) is -1.07. The molecular formula is C20H21N3O6S. The molecule has 2 heterocycles. The van der Waals surface area contributed by atoms with Crippen molar-refractivity contribution in [1.29, 1.82) is 0 Å². The standard InChI is InChI=1S/C20H21N3O6S/c1-28-10-5-9-22-18(25)13-6-3-4-7-15(13)23(20(22)27)12-16(24)21-14-8-11-30-17(14)19(26)29-2/h3-4,6-8,11H,5,9-10,12H2,1-2H3,(H,21,24). The highest BCUT2D eigenvalue weighted by molar-refractivity contribution is 7.12. The number of amides is 1. The van der Waals surface area contributed by atoms with Crippen molar-refractivity contribution in [2.45, 2.75) is 19.5 Å². The quantitative estimate of drug-likeness (QED) is 0.429. The number of fused-ring (bicyclic) bond motifs is 1. The van der Waals surface area contributed by atoms with Crippen molar-refractivity contribution in [3.8, 4) is 0 Å². The second-order valence-corrected chi connectivity index (χ2v) is 7.31. The number of carbonyl (C=O) groups is 2.